The van der Waals surface area contributed by atoms with Crippen LogP contribution in [-0.2, 0) is 17.1 Å². The van der Waals surface area contributed by atoms with E-state index in [9.17, 15) is 14.4 Å². The molecule has 0 fully saturated rings. The highest BCUT2D eigenvalue weighted by Gasteiger charge is 2.09. The third kappa shape index (κ3) is 5.43. The second-order valence-electron chi connectivity index (χ2n) is 6.10. The molecule has 0 aliphatic carbocycles. The molecule has 0 bridgehead atoms. The maximum Gasteiger partial charge on any atom is 0.321 e. The van der Waals surface area contributed by atoms with E-state index in [0.29, 0.717) is 28.7 Å². The van der Waals surface area contributed by atoms with E-state index in [2.05, 4.69) is 15.6 Å². The molecule has 7 nitrogen and oxygen atoms in total. The van der Waals surface area contributed by atoms with Gasteiger partial charge in [-0.15, -0.1) is 11.3 Å². The minimum atomic E-state index is -0.507. The first kappa shape index (κ1) is 20.1. The average molecular weight is 417 g/mol. The minimum Gasteiger partial charge on any atom is -0.334 e. The molecular formula is C19H20N4O3S2. The van der Waals surface area contributed by atoms with E-state index in [1.807, 2.05) is 42.6 Å². The van der Waals surface area contributed by atoms with Gasteiger partial charge in [0, 0.05) is 41.6 Å². The van der Waals surface area contributed by atoms with Gasteiger partial charge < -0.3 is 5.32 Å². The van der Waals surface area contributed by atoms with Crippen LogP contribution in [0.5, 0.6) is 0 Å². The average Bonchev–Trinajstić information content (AvgIpc) is 3.06. The number of amides is 3. The zero-order valence-corrected chi connectivity index (χ0v) is 16.9. The maximum absolute atomic E-state index is 12.1. The standard InChI is InChI=1S/C19H20N4O3S2/c1-13-11-28-19-21-15(9-17(25)23(13)19)12-27-8-7-16(24)22-18(26)20-10-14-5-3-2-4-6-14/h2-6,9,11H,7-8,10,12H2,1H3,(H2,20,22,24,26). The summed E-state index contributed by atoms with van der Waals surface area (Å²) in [5.41, 5.74) is 2.44. The first-order valence-corrected chi connectivity index (χ1v) is 10.7. The van der Waals surface area contributed by atoms with Gasteiger partial charge in [-0.25, -0.2) is 9.78 Å². The summed E-state index contributed by atoms with van der Waals surface area (Å²) in [7, 11) is 0. The number of urea groups is 1. The molecule has 0 spiro atoms. The van der Waals surface area contributed by atoms with E-state index >= 15 is 0 Å². The molecule has 1 aromatic carbocycles. The summed E-state index contributed by atoms with van der Waals surface area (Å²) >= 11 is 2.93. The van der Waals surface area contributed by atoms with Crippen LogP contribution in [-0.4, -0.2) is 27.1 Å². The van der Waals surface area contributed by atoms with Crippen LogP contribution in [0.2, 0.25) is 0 Å². The Hall–Kier alpha value is -2.65. The summed E-state index contributed by atoms with van der Waals surface area (Å²) in [4.78, 5) is 40.9. The van der Waals surface area contributed by atoms with Crippen LogP contribution in [0.4, 0.5) is 4.79 Å². The number of aryl methyl sites for hydroxylation is 1. The Morgan fingerprint density at radius 1 is 1.25 bits per heavy atom. The second kappa shape index (κ2) is 9.52. The number of hydrogen-bond acceptors (Lipinski definition) is 6. The predicted molar refractivity (Wildman–Crippen MR) is 112 cm³/mol. The van der Waals surface area contributed by atoms with Gasteiger partial charge in [-0.3, -0.25) is 19.3 Å². The molecule has 2 aromatic heterocycles. The van der Waals surface area contributed by atoms with Crippen molar-refractivity contribution in [2.24, 2.45) is 0 Å². The predicted octanol–water partition coefficient (Wildman–Crippen LogP) is 2.71. The van der Waals surface area contributed by atoms with Crippen molar-refractivity contribution in [3.8, 4) is 0 Å². The lowest BCUT2D eigenvalue weighted by Crippen LogP contribution is -2.39. The molecule has 0 aliphatic heterocycles. The van der Waals surface area contributed by atoms with E-state index in [4.69, 9.17) is 0 Å². The van der Waals surface area contributed by atoms with Gasteiger partial charge in [-0.1, -0.05) is 30.3 Å². The molecule has 0 radical (unpaired) electrons. The molecule has 0 atom stereocenters. The number of fused-ring (bicyclic) bond motifs is 1. The van der Waals surface area contributed by atoms with Crippen molar-refractivity contribution in [1.29, 1.82) is 0 Å². The molecule has 146 valence electrons. The topological polar surface area (TPSA) is 92.6 Å². The lowest BCUT2D eigenvalue weighted by Gasteiger charge is -2.07. The van der Waals surface area contributed by atoms with Gasteiger partial charge in [0.15, 0.2) is 4.96 Å². The number of nitrogens with zero attached hydrogens (tertiary/aromatic N) is 2. The van der Waals surface area contributed by atoms with Crippen LogP contribution in [0, 0.1) is 6.92 Å². The first-order chi connectivity index (χ1) is 13.5. The van der Waals surface area contributed by atoms with Crippen LogP contribution >= 0.6 is 23.1 Å². The number of imide groups is 1. The maximum atomic E-state index is 12.1. The summed E-state index contributed by atoms with van der Waals surface area (Å²) in [5.74, 6) is 0.730. The third-order valence-electron chi connectivity index (χ3n) is 3.90. The highest BCUT2D eigenvalue weighted by molar-refractivity contribution is 7.98. The first-order valence-electron chi connectivity index (χ1n) is 8.69. The molecule has 3 rings (SSSR count). The van der Waals surface area contributed by atoms with Crippen molar-refractivity contribution >= 4 is 40.0 Å². The molecule has 3 aromatic rings. The van der Waals surface area contributed by atoms with Crippen molar-refractivity contribution in [2.45, 2.75) is 25.6 Å². The summed E-state index contributed by atoms with van der Waals surface area (Å²) in [5, 5.41) is 6.86. The molecule has 0 unspecified atom stereocenters. The van der Waals surface area contributed by atoms with Crippen molar-refractivity contribution in [3.63, 3.8) is 0 Å². The van der Waals surface area contributed by atoms with Crippen molar-refractivity contribution < 1.29 is 9.59 Å². The van der Waals surface area contributed by atoms with E-state index in [1.165, 1.54) is 29.2 Å². The molecule has 0 saturated heterocycles. The number of hydrogen-bond donors (Lipinski definition) is 2. The molecule has 2 heterocycles. The van der Waals surface area contributed by atoms with Crippen LogP contribution in [0.3, 0.4) is 0 Å². The fraction of sp³-hybridized carbons (Fsp3) is 0.263. The smallest absolute Gasteiger partial charge is 0.321 e. The largest absolute Gasteiger partial charge is 0.334 e. The number of thioether (sulfide) groups is 1. The Bertz CT molecular complexity index is 1030. The van der Waals surface area contributed by atoms with E-state index < -0.39 is 6.03 Å². The van der Waals surface area contributed by atoms with Crippen molar-refractivity contribution in [3.05, 3.63) is 69.1 Å². The highest BCUT2D eigenvalue weighted by atomic mass is 32.2. The van der Waals surface area contributed by atoms with Crippen LogP contribution in [0.25, 0.3) is 4.96 Å². The van der Waals surface area contributed by atoms with Gasteiger partial charge in [0.2, 0.25) is 5.91 Å². The molecule has 0 saturated carbocycles. The van der Waals surface area contributed by atoms with E-state index in [-0.39, 0.29) is 17.9 Å². The number of aromatic nitrogens is 2. The highest BCUT2D eigenvalue weighted by Crippen LogP contribution is 2.15. The van der Waals surface area contributed by atoms with Crippen molar-refractivity contribution in [1.82, 2.24) is 20.0 Å². The summed E-state index contributed by atoms with van der Waals surface area (Å²) in [6.45, 7) is 2.23. The summed E-state index contributed by atoms with van der Waals surface area (Å²) < 4.78 is 1.58. The number of nitrogens with one attached hydrogen (secondary N) is 2. The Kier molecular flexibility index (Phi) is 6.83. The molecule has 2 N–H and O–H groups in total. The minimum absolute atomic E-state index is 0.0906. The number of carbonyl (C=O) groups excluding carboxylic acids is 2. The van der Waals surface area contributed by atoms with Crippen LogP contribution in [0.15, 0.2) is 46.6 Å². The van der Waals surface area contributed by atoms with Gasteiger partial charge in [0.05, 0.1) is 5.69 Å². The van der Waals surface area contributed by atoms with Crippen LogP contribution in [0.1, 0.15) is 23.4 Å². The Labute approximate surface area is 170 Å². The van der Waals surface area contributed by atoms with E-state index in [0.717, 1.165) is 11.3 Å². The molecule has 3 amide bonds. The number of thiazole rings is 1. The Morgan fingerprint density at radius 2 is 2.04 bits per heavy atom. The monoisotopic (exact) mass is 416 g/mol. The molecule has 0 aliphatic rings. The lowest BCUT2D eigenvalue weighted by molar-refractivity contribution is -0.119. The fourth-order valence-electron chi connectivity index (χ4n) is 2.53. The molecule has 9 heteroatoms. The quantitative estimate of drug-likeness (QED) is 0.578. The Balaban J connectivity index is 1.38. The zero-order chi connectivity index (χ0) is 19.9. The second-order valence-corrected chi connectivity index (χ2v) is 8.04. The third-order valence-corrected chi connectivity index (χ3v) is 5.84. The fourth-order valence-corrected chi connectivity index (χ4v) is 4.25. The van der Waals surface area contributed by atoms with Crippen LogP contribution < -0.4 is 16.2 Å². The van der Waals surface area contributed by atoms with Gasteiger partial charge in [0.1, 0.15) is 0 Å². The SMILES string of the molecule is Cc1csc2nc(CSCCC(=O)NC(=O)NCc3ccccc3)cc(=O)n12. The normalized spacial score (nSPS) is 10.8. The Morgan fingerprint density at radius 3 is 2.82 bits per heavy atom. The van der Waals surface area contributed by atoms with Gasteiger partial charge in [-0.05, 0) is 12.5 Å². The summed E-state index contributed by atoms with van der Waals surface area (Å²) in [6.07, 6.45) is 0.211. The van der Waals surface area contributed by atoms with Crippen molar-refractivity contribution in [2.75, 3.05) is 5.75 Å². The summed E-state index contributed by atoms with van der Waals surface area (Å²) in [6, 6.07) is 10.5. The van der Waals surface area contributed by atoms with E-state index in [1.54, 1.807) is 4.40 Å². The number of carbonyl (C=O) groups is 2. The van der Waals surface area contributed by atoms with Gasteiger partial charge in [0.25, 0.3) is 5.56 Å². The lowest BCUT2D eigenvalue weighted by atomic mass is 10.2. The van der Waals surface area contributed by atoms with Gasteiger partial charge in [-0.2, -0.15) is 11.8 Å². The van der Waals surface area contributed by atoms with Gasteiger partial charge >= 0.3 is 6.03 Å². The molecular weight excluding hydrogens is 396 g/mol. The number of benzene rings is 1. The molecule has 28 heavy (non-hydrogen) atoms. The zero-order valence-electron chi connectivity index (χ0n) is 15.3. The number of rotatable bonds is 7.